The molecular formula is C16H11NO4S. The Morgan fingerprint density at radius 2 is 2.05 bits per heavy atom. The van der Waals surface area contributed by atoms with E-state index in [2.05, 4.69) is 9.73 Å². The van der Waals surface area contributed by atoms with Crippen molar-refractivity contribution in [3.63, 3.8) is 0 Å². The molecule has 2 aromatic rings. The summed E-state index contributed by atoms with van der Waals surface area (Å²) in [5.74, 6) is -0.681. The largest absolute Gasteiger partial charge is 0.465 e. The Morgan fingerprint density at radius 3 is 2.68 bits per heavy atom. The van der Waals surface area contributed by atoms with Gasteiger partial charge in [-0.25, -0.2) is 14.6 Å². The number of hydrogen-bond acceptors (Lipinski definition) is 6. The highest BCUT2D eigenvalue weighted by molar-refractivity contribution is 7.10. The van der Waals surface area contributed by atoms with Crippen LogP contribution in [0.15, 0.2) is 52.5 Å². The quantitative estimate of drug-likeness (QED) is 0.645. The van der Waals surface area contributed by atoms with E-state index in [1.807, 2.05) is 17.5 Å². The number of hydrogen-bond donors (Lipinski definition) is 0. The van der Waals surface area contributed by atoms with Crippen molar-refractivity contribution in [3.8, 4) is 0 Å². The van der Waals surface area contributed by atoms with E-state index in [0.717, 1.165) is 4.88 Å². The number of ether oxygens (including phenoxy) is 2. The van der Waals surface area contributed by atoms with E-state index in [1.165, 1.54) is 18.4 Å². The number of benzene rings is 1. The maximum atomic E-state index is 11.8. The summed E-state index contributed by atoms with van der Waals surface area (Å²) in [5, 5.41) is 1.92. The van der Waals surface area contributed by atoms with Gasteiger partial charge in [-0.2, -0.15) is 0 Å². The van der Waals surface area contributed by atoms with Crippen LogP contribution < -0.4 is 0 Å². The summed E-state index contributed by atoms with van der Waals surface area (Å²) in [6.45, 7) is 0. The molecule has 0 atom stereocenters. The number of cyclic esters (lactones) is 1. The van der Waals surface area contributed by atoms with Crippen LogP contribution >= 0.6 is 11.3 Å². The molecule has 0 amide bonds. The van der Waals surface area contributed by atoms with Crippen LogP contribution in [0.4, 0.5) is 0 Å². The van der Waals surface area contributed by atoms with E-state index in [0.29, 0.717) is 11.1 Å². The predicted molar refractivity (Wildman–Crippen MR) is 82.7 cm³/mol. The van der Waals surface area contributed by atoms with Gasteiger partial charge in [0.1, 0.15) is 0 Å². The number of nitrogens with zero attached hydrogens (tertiary/aromatic N) is 1. The number of methoxy groups -OCH3 is 1. The monoisotopic (exact) mass is 313 g/mol. The van der Waals surface area contributed by atoms with Gasteiger partial charge in [0.25, 0.3) is 0 Å². The molecule has 1 aliphatic rings. The highest BCUT2D eigenvalue weighted by Gasteiger charge is 2.24. The SMILES string of the molecule is COC(=O)c1ccc(C2=N/C(=C/c3cccs3)C(=O)O2)cc1. The summed E-state index contributed by atoms with van der Waals surface area (Å²) in [4.78, 5) is 28.3. The third kappa shape index (κ3) is 2.82. The molecular weight excluding hydrogens is 302 g/mol. The van der Waals surface area contributed by atoms with Gasteiger partial charge in [-0.15, -0.1) is 11.3 Å². The fourth-order valence-electron chi connectivity index (χ4n) is 1.91. The molecule has 2 heterocycles. The van der Waals surface area contributed by atoms with E-state index in [-0.39, 0.29) is 11.6 Å². The second kappa shape index (κ2) is 5.95. The zero-order valence-electron chi connectivity index (χ0n) is 11.6. The highest BCUT2D eigenvalue weighted by atomic mass is 32.1. The van der Waals surface area contributed by atoms with Crippen molar-refractivity contribution in [2.75, 3.05) is 7.11 Å². The highest BCUT2D eigenvalue weighted by Crippen LogP contribution is 2.21. The summed E-state index contributed by atoms with van der Waals surface area (Å²) < 4.78 is 9.80. The van der Waals surface area contributed by atoms with E-state index in [1.54, 1.807) is 30.3 Å². The van der Waals surface area contributed by atoms with Gasteiger partial charge in [-0.05, 0) is 41.8 Å². The van der Waals surface area contributed by atoms with Gasteiger partial charge >= 0.3 is 11.9 Å². The van der Waals surface area contributed by atoms with Gasteiger partial charge in [0, 0.05) is 10.4 Å². The fraction of sp³-hybridized carbons (Fsp3) is 0.0625. The first-order valence-electron chi connectivity index (χ1n) is 6.42. The zero-order chi connectivity index (χ0) is 15.5. The van der Waals surface area contributed by atoms with Crippen LogP contribution in [0.25, 0.3) is 6.08 Å². The van der Waals surface area contributed by atoms with Crippen LogP contribution in [0.5, 0.6) is 0 Å². The smallest absolute Gasteiger partial charge is 0.363 e. The molecule has 0 spiro atoms. The predicted octanol–water partition coefficient (Wildman–Crippen LogP) is 2.88. The van der Waals surface area contributed by atoms with Gasteiger partial charge in [0.15, 0.2) is 5.70 Å². The van der Waals surface area contributed by atoms with Crippen LogP contribution in [-0.2, 0) is 14.3 Å². The second-order valence-corrected chi connectivity index (χ2v) is 5.40. The molecule has 0 saturated carbocycles. The van der Waals surface area contributed by atoms with Gasteiger partial charge in [0.2, 0.25) is 5.90 Å². The Labute approximate surface area is 130 Å². The molecule has 0 bridgehead atoms. The van der Waals surface area contributed by atoms with Crippen LogP contribution in [0.1, 0.15) is 20.8 Å². The molecule has 6 heteroatoms. The molecule has 0 unspecified atom stereocenters. The van der Waals surface area contributed by atoms with Crippen LogP contribution in [-0.4, -0.2) is 24.9 Å². The van der Waals surface area contributed by atoms with Crippen molar-refractivity contribution in [1.29, 1.82) is 0 Å². The van der Waals surface area contributed by atoms with Gasteiger partial charge in [-0.3, -0.25) is 0 Å². The molecule has 1 aromatic heterocycles. The van der Waals surface area contributed by atoms with Crippen molar-refractivity contribution >= 4 is 35.2 Å². The molecule has 1 aliphatic heterocycles. The number of thiophene rings is 1. The van der Waals surface area contributed by atoms with E-state index in [9.17, 15) is 9.59 Å². The van der Waals surface area contributed by atoms with Gasteiger partial charge in [-0.1, -0.05) is 6.07 Å². The minimum atomic E-state index is -0.486. The number of carbonyl (C=O) groups excluding carboxylic acids is 2. The molecule has 3 rings (SSSR count). The lowest BCUT2D eigenvalue weighted by Crippen LogP contribution is -2.06. The van der Waals surface area contributed by atoms with E-state index >= 15 is 0 Å². The number of aliphatic imine (C=N–C) groups is 1. The first kappa shape index (κ1) is 14.2. The maximum Gasteiger partial charge on any atom is 0.363 e. The first-order valence-corrected chi connectivity index (χ1v) is 7.30. The molecule has 0 saturated heterocycles. The molecule has 0 N–H and O–H groups in total. The third-order valence-corrected chi connectivity index (χ3v) is 3.81. The topological polar surface area (TPSA) is 65.0 Å². The molecule has 0 radical (unpaired) electrons. The summed E-state index contributed by atoms with van der Waals surface area (Å²) in [7, 11) is 1.32. The van der Waals surface area contributed by atoms with Gasteiger partial charge in [0.05, 0.1) is 12.7 Å². The average Bonchev–Trinajstić information content (AvgIpc) is 3.18. The first-order chi connectivity index (χ1) is 10.7. The van der Waals surface area contributed by atoms with E-state index in [4.69, 9.17) is 4.74 Å². The minimum Gasteiger partial charge on any atom is -0.465 e. The molecule has 22 heavy (non-hydrogen) atoms. The van der Waals surface area contributed by atoms with Gasteiger partial charge < -0.3 is 9.47 Å². The molecule has 0 fully saturated rings. The van der Waals surface area contributed by atoms with Crippen molar-refractivity contribution in [1.82, 2.24) is 0 Å². The number of carbonyl (C=O) groups is 2. The maximum absolute atomic E-state index is 11.8. The summed E-state index contributed by atoms with van der Waals surface area (Å²) in [6, 6.07) is 10.3. The fourth-order valence-corrected chi connectivity index (χ4v) is 2.56. The van der Waals surface area contributed by atoms with Crippen LogP contribution in [0, 0.1) is 0 Å². The molecule has 0 aliphatic carbocycles. The van der Waals surface area contributed by atoms with Crippen molar-refractivity contribution < 1.29 is 19.1 Å². The molecule has 1 aromatic carbocycles. The zero-order valence-corrected chi connectivity index (χ0v) is 12.4. The van der Waals surface area contributed by atoms with Crippen molar-refractivity contribution in [2.45, 2.75) is 0 Å². The Bertz CT molecular complexity index is 773. The lowest BCUT2D eigenvalue weighted by Gasteiger charge is -2.01. The Kier molecular flexibility index (Phi) is 3.84. The third-order valence-electron chi connectivity index (χ3n) is 3.00. The lowest BCUT2D eigenvalue weighted by atomic mass is 10.1. The number of esters is 2. The van der Waals surface area contributed by atoms with Crippen molar-refractivity contribution in [3.05, 3.63) is 63.5 Å². The van der Waals surface area contributed by atoms with Crippen molar-refractivity contribution in [2.24, 2.45) is 4.99 Å². The summed E-state index contributed by atoms with van der Waals surface area (Å²) in [6.07, 6.45) is 1.68. The summed E-state index contributed by atoms with van der Waals surface area (Å²) >= 11 is 1.51. The second-order valence-electron chi connectivity index (χ2n) is 4.42. The van der Waals surface area contributed by atoms with E-state index < -0.39 is 11.9 Å². The Morgan fingerprint density at radius 1 is 1.27 bits per heavy atom. The average molecular weight is 313 g/mol. The standard InChI is InChI=1S/C16H11NO4S/c1-20-15(18)11-6-4-10(5-7-11)14-17-13(16(19)21-14)9-12-3-2-8-22-12/h2-9H,1H3/b13-9+. The van der Waals surface area contributed by atoms with Crippen LogP contribution in [0.2, 0.25) is 0 Å². The normalized spacial score (nSPS) is 15.6. The Balaban J connectivity index is 1.86. The number of rotatable bonds is 3. The lowest BCUT2D eigenvalue weighted by molar-refractivity contribution is -0.129. The Hall–Kier alpha value is -2.73. The van der Waals surface area contributed by atoms with Crippen LogP contribution in [0.3, 0.4) is 0 Å². The molecule has 110 valence electrons. The minimum absolute atomic E-state index is 0.226. The summed E-state index contributed by atoms with van der Waals surface area (Å²) in [5.41, 5.74) is 1.30. The molecule has 5 nitrogen and oxygen atoms in total.